The molecule has 3 rings (SSSR count). The fourth-order valence-electron chi connectivity index (χ4n) is 2.75. The first kappa shape index (κ1) is 19.1. The van der Waals surface area contributed by atoms with Crippen molar-refractivity contribution >= 4 is 24.2 Å². The van der Waals surface area contributed by atoms with Crippen molar-refractivity contribution in [2.75, 3.05) is 26.2 Å². The van der Waals surface area contributed by atoms with Crippen LogP contribution >= 0.6 is 0 Å². The van der Waals surface area contributed by atoms with Gasteiger partial charge in [-0.2, -0.15) is 5.26 Å². The molecular formula is C21H20N6O. The molecule has 2 aromatic rings. The molecule has 0 fully saturated rings. The van der Waals surface area contributed by atoms with Gasteiger partial charge in [-0.15, -0.1) is 5.01 Å². The molecular weight excluding hydrogens is 352 g/mol. The zero-order chi connectivity index (χ0) is 19.8. The molecule has 28 heavy (non-hydrogen) atoms. The number of nitrogens with zero attached hydrogens (tertiary/aromatic N) is 5. The highest BCUT2D eigenvalue weighted by atomic mass is 16.3. The van der Waals surface area contributed by atoms with E-state index in [9.17, 15) is 5.11 Å². The minimum atomic E-state index is -0.0420. The number of hydrogen-bond donors (Lipinski definition) is 2. The van der Waals surface area contributed by atoms with E-state index in [1.54, 1.807) is 24.3 Å². The lowest BCUT2D eigenvalue weighted by molar-refractivity contribution is -0.577. The third kappa shape index (κ3) is 4.71. The summed E-state index contributed by atoms with van der Waals surface area (Å²) >= 11 is 0. The van der Waals surface area contributed by atoms with Crippen molar-refractivity contribution in [2.24, 2.45) is 4.99 Å². The summed E-state index contributed by atoms with van der Waals surface area (Å²) in [7, 11) is 0. The first-order valence-corrected chi connectivity index (χ1v) is 8.88. The van der Waals surface area contributed by atoms with E-state index in [0.717, 1.165) is 17.3 Å². The lowest BCUT2D eigenvalue weighted by atomic mass is 10.2. The molecule has 0 amide bonds. The van der Waals surface area contributed by atoms with Crippen molar-refractivity contribution < 1.29 is 9.79 Å². The van der Waals surface area contributed by atoms with Crippen LogP contribution in [0.1, 0.15) is 11.1 Å². The number of nitriles is 1. The van der Waals surface area contributed by atoms with Crippen molar-refractivity contribution in [3.05, 3.63) is 75.5 Å². The minimum Gasteiger partial charge on any atom is -0.763 e. The Morgan fingerprint density at radius 2 is 1.96 bits per heavy atom. The standard InChI is InChI=1S/C21H20N6O/c22-13-17-1-5-19(6-2-17)15-26(16-20-7-3-18(14-23)4-8-20)27(11-12-28)21-24-9-10-25-21/h1-8,15-16,28H,9-12H2,(H,24,25). The topological polar surface area (TPSA) is 97.0 Å². The number of hydrogen-bond acceptors (Lipinski definition) is 5. The Morgan fingerprint density at radius 3 is 2.54 bits per heavy atom. The van der Waals surface area contributed by atoms with Gasteiger partial charge in [0, 0.05) is 17.3 Å². The Kier molecular flexibility index (Phi) is 6.32. The van der Waals surface area contributed by atoms with Gasteiger partial charge in [0.2, 0.25) is 12.4 Å². The molecule has 7 nitrogen and oxygen atoms in total. The average molecular weight is 372 g/mol. The van der Waals surface area contributed by atoms with Crippen LogP contribution in [0, 0.1) is 11.3 Å². The van der Waals surface area contributed by atoms with Crippen LogP contribution in [0.5, 0.6) is 0 Å². The second-order valence-corrected chi connectivity index (χ2v) is 6.08. The SMILES string of the molecule is N#Cc1ccc(C=[N+](C=c2ccc(=C=[N-])cc2)N(CCO)C2=NCCN2)cc1. The fourth-order valence-corrected chi connectivity index (χ4v) is 2.75. The van der Waals surface area contributed by atoms with Gasteiger partial charge in [-0.25, -0.2) is 4.99 Å². The summed E-state index contributed by atoms with van der Waals surface area (Å²) in [5, 5.41) is 34.1. The second-order valence-electron chi connectivity index (χ2n) is 6.08. The molecule has 0 bridgehead atoms. The van der Waals surface area contributed by atoms with E-state index >= 15 is 0 Å². The van der Waals surface area contributed by atoms with Crippen LogP contribution < -0.4 is 15.8 Å². The Balaban J connectivity index is 2.09. The number of aliphatic hydroxyl groups is 1. The molecule has 1 aliphatic rings. The largest absolute Gasteiger partial charge is 0.763 e. The molecule has 1 aliphatic heterocycles. The van der Waals surface area contributed by atoms with Gasteiger partial charge in [-0.3, -0.25) is 5.87 Å². The molecule has 0 unspecified atom stereocenters. The number of aliphatic imine (C=N–C) groups is 1. The zero-order valence-electron chi connectivity index (χ0n) is 15.3. The highest BCUT2D eigenvalue weighted by Gasteiger charge is 2.23. The Bertz CT molecular complexity index is 1050. The second kappa shape index (κ2) is 9.28. The van der Waals surface area contributed by atoms with E-state index in [0.29, 0.717) is 29.8 Å². The van der Waals surface area contributed by atoms with Crippen LogP contribution in [-0.2, 0) is 0 Å². The third-order valence-corrected chi connectivity index (χ3v) is 4.13. The predicted molar refractivity (Wildman–Crippen MR) is 108 cm³/mol. The maximum atomic E-state index is 9.56. The lowest BCUT2D eigenvalue weighted by Crippen LogP contribution is -2.46. The summed E-state index contributed by atoms with van der Waals surface area (Å²) in [6.45, 7) is 1.74. The summed E-state index contributed by atoms with van der Waals surface area (Å²) in [5.74, 6) is 2.80. The van der Waals surface area contributed by atoms with E-state index in [-0.39, 0.29) is 6.61 Å². The number of aliphatic hydroxyl groups excluding tert-OH is 1. The van der Waals surface area contributed by atoms with Crippen LogP contribution in [0.15, 0.2) is 53.5 Å². The van der Waals surface area contributed by atoms with Crippen molar-refractivity contribution in [1.82, 2.24) is 10.3 Å². The first-order chi connectivity index (χ1) is 13.7. The van der Waals surface area contributed by atoms with Crippen molar-refractivity contribution in [1.29, 1.82) is 5.26 Å². The summed E-state index contributed by atoms with van der Waals surface area (Å²) in [5.41, 5.74) is 1.49. The molecule has 0 aromatic heterocycles. The van der Waals surface area contributed by atoms with E-state index in [4.69, 9.17) is 10.7 Å². The van der Waals surface area contributed by atoms with Crippen LogP contribution in [0.4, 0.5) is 0 Å². The van der Waals surface area contributed by atoms with Gasteiger partial charge in [-0.05, 0) is 53.7 Å². The van der Waals surface area contributed by atoms with Crippen LogP contribution in [0.3, 0.4) is 0 Å². The Morgan fingerprint density at radius 1 is 1.21 bits per heavy atom. The Labute approximate surface area is 163 Å². The number of nitrogens with one attached hydrogen (secondary N) is 1. The number of hydrazine groups is 1. The highest BCUT2D eigenvalue weighted by Crippen LogP contribution is 2.03. The van der Waals surface area contributed by atoms with Gasteiger partial charge in [0.1, 0.15) is 6.54 Å². The van der Waals surface area contributed by atoms with Crippen LogP contribution in [-0.4, -0.2) is 59.1 Å². The number of hydrazone groups is 1. The molecule has 2 N–H and O–H groups in total. The molecule has 0 spiro atoms. The molecule has 7 heteroatoms. The number of benzene rings is 2. The molecule has 0 saturated heterocycles. The molecule has 0 radical (unpaired) electrons. The summed E-state index contributed by atoms with van der Waals surface area (Å²) in [6, 6.07) is 16.6. The molecule has 1 heterocycles. The zero-order valence-corrected chi connectivity index (χ0v) is 15.3. The van der Waals surface area contributed by atoms with E-state index in [2.05, 4.69) is 22.2 Å². The molecule has 2 aromatic carbocycles. The predicted octanol–water partition coefficient (Wildman–Crippen LogP) is -0.493. The summed E-state index contributed by atoms with van der Waals surface area (Å²) in [4.78, 5) is 4.47. The van der Waals surface area contributed by atoms with E-state index in [1.807, 2.05) is 46.4 Å². The Hall–Kier alpha value is -3.72. The quantitative estimate of drug-likeness (QED) is 0.420. The average Bonchev–Trinajstić information content (AvgIpc) is 3.27. The summed E-state index contributed by atoms with van der Waals surface area (Å²) in [6.07, 6.45) is 3.80. The summed E-state index contributed by atoms with van der Waals surface area (Å²) < 4.78 is 1.86. The fraction of sp³-hybridized carbons (Fsp3) is 0.190. The van der Waals surface area contributed by atoms with Gasteiger partial charge in [0.25, 0.3) is 5.96 Å². The van der Waals surface area contributed by atoms with Crippen molar-refractivity contribution in [3.8, 4) is 6.07 Å². The number of rotatable bonds is 5. The molecule has 0 aliphatic carbocycles. The minimum absolute atomic E-state index is 0.0420. The van der Waals surface area contributed by atoms with E-state index in [1.165, 1.54) is 0 Å². The number of guanidine groups is 1. The molecule has 0 saturated carbocycles. The normalized spacial score (nSPS) is 13.1. The lowest BCUT2D eigenvalue weighted by Gasteiger charge is -2.17. The van der Waals surface area contributed by atoms with Crippen LogP contribution in [0.25, 0.3) is 11.6 Å². The van der Waals surface area contributed by atoms with Gasteiger partial charge in [-0.1, -0.05) is 4.68 Å². The first-order valence-electron chi connectivity index (χ1n) is 8.88. The third-order valence-electron chi connectivity index (χ3n) is 4.13. The van der Waals surface area contributed by atoms with Gasteiger partial charge < -0.3 is 15.8 Å². The maximum absolute atomic E-state index is 9.56. The highest BCUT2D eigenvalue weighted by molar-refractivity contribution is 5.82. The van der Waals surface area contributed by atoms with Crippen LogP contribution in [0.2, 0.25) is 0 Å². The monoisotopic (exact) mass is 372 g/mol. The maximum Gasteiger partial charge on any atom is 0.252 e. The van der Waals surface area contributed by atoms with Gasteiger partial charge in [0.15, 0.2) is 0 Å². The molecule has 140 valence electrons. The van der Waals surface area contributed by atoms with Crippen molar-refractivity contribution in [3.63, 3.8) is 0 Å². The molecule has 0 atom stereocenters. The smallest absolute Gasteiger partial charge is 0.252 e. The van der Waals surface area contributed by atoms with Gasteiger partial charge in [0.05, 0.1) is 24.8 Å². The van der Waals surface area contributed by atoms with Gasteiger partial charge >= 0.3 is 0 Å². The van der Waals surface area contributed by atoms with Crippen molar-refractivity contribution in [2.45, 2.75) is 0 Å². The van der Waals surface area contributed by atoms with E-state index < -0.39 is 0 Å².